The summed E-state index contributed by atoms with van der Waals surface area (Å²) in [5.41, 5.74) is -0.769. The molecule has 38 heavy (non-hydrogen) atoms. The molecule has 1 aromatic heterocycles. The van der Waals surface area contributed by atoms with Crippen molar-refractivity contribution in [2.24, 2.45) is 0 Å². The molecule has 210 valence electrons. The van der Waals surface area contributed by atoms with Gasteiger partial charge in [-0.2, -0.15) is 0 Å². The molecule has 1 aromatic carbocycles. The maximum Gasteiger partial charge on any atom is 0.430 e. The maximum atomic E-state index is 15.4. The molecule has 15 heteroatoms. The average Bonchev–Trinajstić information content (AvgIpc) is 3.41. The quantitative estimate of drug-likeness (QED) is 0.443. The normalized spacial score (nSPS) is 16.3. The number of nitrogens with zero attached hydrogens (tertiary/aromatic N) is 3. The zero-order chi connectivity index (χ0) is 28.6. The monoisotopic (exact) mass is 594 g/mol. The van der Waals surface area contributed by atoms with Crippen LogP contribution in [0.4, 0.5) is 29.9 Å². The van der Waals surface area contributed by atoms with Crippen molar-refractivity contribution in [2.45, 2.75) is 70.1 Å². The number of rotatable bonds is 5. The molecule has 0 bridgehead atoms. The van der Waals surface area contributed by atoms with Gasteiger partial charge in [-0.3, -0.25) is 0 Å². The Kier molecular flexibility index (Phi) is 8.49. The Morgan fingerprint density at radius 3 is 2.37 bits per heavy atom. The lowest BCUT2D eigenvalue weighted by Crippen LogP contribution is -2.42. The highest BCUT2D eigenvalue weighted by molar-refractivity contribution is 7.93. The number of sulfonamides is 1. The first-order valence-corrected chi connectivity index (χ1v) is 14.3. The molecule has 0 unspecified atom stereocenters. The fraction of sp³-hybridized carbons (Fsp3) is 0.522. The summed E-state index contributed by atoms with van der Waals surface area (Å²) in [6, 6.07) is 0.289. The molecule has 0 aliphatic carbocycles. The number of halogens is 3. The number of amides is 2. The highest BCUT2D eigenvalue weighted by Gasteiger charge is 2.41. The Bertz CT molecular complexity index is 1310. The molecular formula is C23H29ClF2N4O6S2. The van der Waals surface area contributed by atoms with Crippen molar-refractivity contribution in [3.05, 3.63) is 33.6 Å². The predicted octanol–water partition coefficient (Wildman–Crippen LogP) is 5.63. The van der Waals surface area contributed by atoms with Crippen molar-refractivity contribution in [1.82, 2.24) is 9.88 Å². The van der Waals surface area contributed by atoms with Crippen LogP contribution in [0.15, 0.2) is 21.9 Å². The van der Waals surface area contributed by atoms with Crippen LogP contribution in [0.5, 0.6) is 0 Å². The summed E-state index contributed by atoms with van der Waals surface area (Å²) >= 11 is 7.10. The highest BCUT2D eigenvalue weighted by Crippen LogP contribution is 2.36. The number of aromatic nitrogens is 1. The molecule has 1 aliphatic rings. The van der Waals surface area contributed by atoms with Gasteiger partial charge in [0.05, 0.1) is 11.2 Å². The highest BCUT2D eigenvalue weighted by atomic mass is 35.5. The van der Waals surface area contributed by atoms with Gasteiger partial charge in [-0.05, 0) is 48.0 Å². The number of hydrogen-bond donors (Lipinski definition) is 1. The van der Waals surface area contributed by atoms with Crippen LogP contribution in [0.2, 0.25) is 5.02 Å². The van der Waals surface area contributed by atoms with Crippen LogP contribution in [0.3, 0.4) is 0 Å². The fourth-order valence-electron chi connectivity index (χ4n) is 3.53. The zero-order valence-electron chi connectivity index (χ0n) is 21.7. The molecule has 1 aliphatic heterocycles. The molecule has 1 atom stereocenters. The molecule has 1 fully saturated rings. The minimum atomic E-state index is -5.19. The van der Waals surface area contributed by atoms with Gasteiger partial charge >= 0.3 is 12.2 Å². The maximum absolute atomic E-state index is 15.4. The summed E-state index contributed by atoms with van der Waals surface area (Å²) < 4.78 is 68.1. The van der Waals surface area contributed by atoms with E-state index in [1.54, 1.807) is 20.8 Å². The van der Waals surface area contributed by atoms with E-state index in [2.05, 4.69) is 10.3 Å². The standard InChI is InChI=1S/C23H29ClF2N4O6S2/c1-22(2,3)35-20(31)29-8-7-13(10-29)28-15-9-14(25)19(18(26)17(15)24)38(33,34)30(16-11-37-12-27-16)21(32)36-23(4,5)6/h9,11-13,28H,7-8,10H2,1-6H3/t13-/m0/s1. The lowest BCUT2D eigenvalue weighted by atomic mass is 10.2. The average molecular weight is 595 g/mol. The van der Waals surface area contributed by atoms with E-state index < -0.39 is 66.8 Å². The van der Waals surface area contributed by atoms with Gasteiger partial charge in [-0.25, -0.2) is 31.8 Å². The third kappa shape index (κ3) is 6.83. The predicted molar refractivity (Wildman–Crippen MR) is 139 cm³/mol. The number of benzene rings is 1. The Morgan fingerprint density at radius 2 is 1.82 bits per heavy atom. The van der Waals surface area contributed by atoms with E-state index in [4.69, 9.17) is 21.1 Å². The van der Waals surface area contributed by atoms with Crippen LogP contribution < -0.4 is 9.62 Å². The van der Waals surface area contributed by atoms with Gasteiger partial charge in [0.15, 0.2) is 16.5 Å². The van der Waals surface area contributed by atoms with Gasteiger partial charge in [0.2, 0.25) is 0 Å². The van der Waals surface area contributed by atoms with Crippen molar-refractivity contribution in [2.75, 3.05) is 22.7 Å². The zero-order valence-corrected chi connectivity index (χ0v) is 24.1. The number of likely N-dealkylation sites (tertiary alicyclic amines) is 1. The Morgan fingerprint density at radius 1 is 1.18 bits per heavy atom. The van der Waals surface area contributed by atoms with E-state index in [1.807, 2.05) is 0 Å². The van der Waals surface area contributed by atoms with Crippen molar-refractivity contribution in [1.29, 1.82) is 0 Å². The molecule has 1 N–H and O–H groups in total. The molecule has 0 spiro atoms. The lowest BCUT2D eigenvalue weighted by Gasteiger charge is -2.26. The number of carbonyl (C=O) groups excluding carboxylic acids is 2. The summed E-state index contributed by atoms with van der Waals surface area (Å²) in [6.45, 7) is 10.2. The summed E-state index contributed by atoms with van der Waals surface area (Å²) in [7, 11) is -5.19. The van der Waals surface area contributed by atoms with Gasteiger partial charge in [0.1, 0.15) is 22.0 Å². The summed E-state index contributed by atoms with van der Waals surface area (Å²) in [4.78, 5) is 28.9. The number of hydrogen-bond acceptors (Lipinski definition) is 9. The summed E-state index contributed by atoms with van der Waals surface area (Å²) in [5, 5.41) is 3.36. The molecule has 2 heterocycles. The minimum Gasteiger partial charge on any atom is -0.444 e. The van der Waals surface area contributed by atoms with E-state index in [1.165, 1.54) is 36.6 Å². The topological polar surface area (TPSA) is 118 Å². The van der Waals surface area contributed by atoms with Crippen LogP contribution in [-0.4, -0.2) is 60.8 Å². The van der Waals surface area contributed by atoms with Crippen molar-refractivity contribution < 1.29 is 36.3 Å². The van der Waals surface area contributed by atoms with E-state index in [-0.39, 0.29) is 16.5 Å². The molecule has 1 saturated heterocycles. The molecule has 2 aromatic rings. The third-order valence-corrected chi connectivity index (χ3v) is 7.65. The van der Waals surface area contributed by atoms with E-state index in [9.17, 15) is 18.0 Å². The van der Waals surface area contributed by atoms with Crippen LogP contribution in [0.1, 0.15) is 48.0 Å². The smallest absolute Gasteiger partial charge is 0.430 e. The summed E-state index contributed by atoms with van der Waals surface area (Å²) in [6.07, 6.45) is -1.50. The van der Waals surface area contributed by atoms with Crippen LogP contribution >= 0.6 is 22.9 Å². The summed E-state index contributed by atoms with van der Waals surface area (Å²) in [5.74, 6) is -3.48. The second kappa shape index (κ2) is 10.8. The Labute approximate surface area is 228 Å². The molecule has 2 amide bonds. The number of carbonyl (C=O) groups is 2. The second-order valence-corrected chi connectivity index (χ2v) is 13.3. The number of anilines is 2. The van der Waals surface area contributed by atoms with E-state index >= 15 is 8.78 Å². The number of thiazole rings is 1. The van der Waals surface area contributed by atoms with Crippen molar-refractivity contribution in [3.8, 4) is 0 Å². The van der Waals surface area contributed by atoms with E-state index in [0.29, 0.717) is 13.0 Å². The van der Waals surface area contributed by atoms with Crippen LogP contribution in [0.25, 0.3) is 0 Å². The third-order valence-electron chi connectivity index (χ3n) is 5.00. The second-order valence-electron chi connectivity index (χ2n) is 10.5. The van der Waals surface area contributed by atoms with E-state index in [0.717, 1.165) is 17.4 Å². The minimum absolute atomic E-state index is 0.0926. The molecule has 10 nitrogen and oxygen atoms in total. The van der Waals surface area contributed by atoms with Crippen LogP contribution in [-0.2, 0) is 19.5 Å². The lowest BCUT2D eigenvalue weighted by molar-refractivity contribution is 0.0293. The van der Waals surface area contributed by atoms with Gasteiger partial charge in [-0.15, -0.1) is 15.6 Å². The van der Waals surface area contributed by atoms with Crippen LogP contribution in [0, 0.1) is 11.6 Å². The number of ether oxygens (including phenoxy) is 2. The SMILES string of the molecule is CC(C)(C)OC(=O)N1CC[C@H](Nc2cc(F)c(S(=O)(=O)N(C(=O)OC(C)(C)C)c3cscn3)c(F)c2Cl)C1. The molecular weight excluding hydrogens is 566 g/mol. The fourth-order valence-corrected chi connectivity index (χ4v) is 5.77. The Balaban J connectivity index is 1.91. The first-order chi connectivity index (χ1) is 17.4. The van der Waals surface area contributed by atoms with Crippen molar-refractivity contribution in [3.63, 3.8) is 0 Å². The molecule has 0 radical (unpaired) electrons. The largest absolute Gasteiger partial charge is 0.444 e. The van der Waals surface area contributed by atoms with Gasteiger partial charge in [-0.1, -0.05) is 11.6 Å². The molecule has 0 saturated carbocycles. The first-order valence-electron chi connectivity index (χ1n) is 11.5. The first kappa shape index (κ1) is 29.8. The number of nitrogens with one attached hydrogen (secondary N) is 1. The van der Waals surface area contributed by atoms with Gasteiger partial charge < -0.3 is 19.7 Å². The van der Waals surface area contributed by atoms with Gasteiger partial charge in [0, 0.05) is 30.6 Å². The molecule has 3 rings (SSSR count). The van der Waals surface area contributed by atoms with Crippen molar-refractivity contribution >= 4 is 56.7 Å². The van der Waals surface area contributed by atoms with Gasteiger partial charge in [0.25, 0.3) is 10.0 Å². The Hall–Kier alpha value is -2.71.